The second-order valence-electron chi connectivity index (χ2n) is 9.51. The van der Waals surface area contributed by atoms with Crippen LogP contribution >= 0.6 is 0 Å². The van der Waals surface area contributed by atoms with Gasteiger partial charge in [-0.05, 0) is 25.7 Å². The van der Waals surface area contributed by atoms with Gasteiger partial charge in [-0.2, -0.15) is 0 Å². The third-order valence-electron chi connectivity index (χ3n) is 7.97. The minimum Gasteiger partial charge on any atom is -0.461 e. The molecule has 0 saturated carbocycles. The number of esters is 1. The van der Waals surface area contributed by atoms with Crippen molar-refractivity contribution in [2.24, 2.45) is 17.3 Å². The van der Waals surface area contributed by atoms with E-state index in [1.807, 2.05) is 0 Å². The number of hydrogen-bond acceptors (Lipinski definition) is 7. The van der Waals surface area contributed by atoms with Crippen LogP contribution in [0.1, 0.15) is 42.6 Å². The van der Waals surface area contributed by atoms with E-state index in [-0.39, 0.29) is 18.0 Å². The molecule has 1 unspecified atom stereocenters. The molecule has 0 aromatic carbocycles. The minimum absolute atomic E-state index is 0.0299. The SMILES string of the molecule is O=C(c1cocn1)N1CCC2(CC1)CC(CN1C[C@@H]3[C@H](C1)[C@H]1CC[C@@H]3O1)OC2=O. The molecule has 156 valence electrons. The summed E-state index contributed by atoms with van der Waals surface area (Å²) in [5.74, 6) is 1.15. The quantitative estimate of drug-likeness (QED) is 0.706. The minimum atomic E-state index is -0.428. The van der Waals surface area contributed by atoms with Crippen molar-refractivity contribution >= 4 is 11.9 Å². The van der Waals surface area contributed by atoms with Gasteiger partial charge >= 0.3 is 5.97 Å². The molecule has 29 heavy (non-hydrogen) atoms. The highest BCUT2D eigenvalue weighted by Gasteiger charge is 2.55. The van der Waals surface area contributed by atoms with Gasteiger partial charge in [-0.3, -0.25) is 14.5 Å². The lowest BCUT2D eigenvalue weighted by molar-refractivity contribution is -0.151. The zero-order valence-electron chi connectivity index (χ0n) is 16.5. The van der Waals surface area contributed by atoms with Crippen molar-refractivity contribution in [1.29, 1.82) is 0 Å². The number of oxazole rings is 1. The fourth-order valence-electron chi connectivity index (χ4n) is 6.45. The Morgan fingerprint density at radius 3 is 2.55 bits per heavy atom. The first-order chi connectivity index (χ1) is 14.1. The third kappa shape index (κ3) is 2.83. The second-order valence-corrected chi connectivity index (χ2v) is 9.51. The summed E-state index contributed by atoms with van der Waals surface area (Å²) in [6.07, 6.45) is 8.04. The van der Waals surface area contributed by atoms with E-state index < -0.39 is 5.41 Å². The van der Waals surface area contributed by atoms with Crippen molar-refractivity contribution in [1.82, 2.24) is 14.8 Å². The number of rotatable bonds is 3. The maximum absolute atomic E-state index is 12.8. The van der Waals surface area contributed by atoms with Crippen LogP contribution in [0.3, 0.4) is 0 Å². The highest BCUT2D eigenvalue weighted by Crippen LogP contribution is 2.48. The number of nitrogens with zero attached hydrogens (tertiary/aromatic N) is 3. The van der Waals surface area contributed by atoms with Crippen LogP contribution in [0.2, 0.25) is 0 Å². The smallest absolute Gasteiger partial charge is 0.312 e. The van der Waals surface area contributed by atoms with E-state index in [0.717, 1.165) is 26.1 Å². The van der Waals surface area contributed by atoms with Gasteiger partial charge in [0.15, 0.2) is 12.1 Å². The summed E-state index contributed by atoms with van der Waals surface area (Å²) in [4.78, 5) is 33.4. The fourth-order valence-corrected chi connectivity index (χ4v) is 6.45. The summed E-state index contributed by atoms with van der Waals surface area (Å²) in [5, 5.41) is 0. The molecule has 1 aromatic heterocycles. The first-order valence-corrected chi connectivity index (χ1v) is 10.9. The highest BCUT2D eigenvalue weighted by molar-refractivity contribution is 5.92. The average Bonchev–Trinajstić information content (AvgIpc) is 3.52. The monoisotopic (exact) mass is 401 g/mol. The third-order valence-corrected chi connectivity index (χ3v) is 7.97. The lowest BCUT2D eigenvalue weighted by Gasteiger charge is -2.36. The van der Waals surface area contributed by atoms with Crippen LogP contribution in [0, 0.1) is 17.3 Å². The van der Waals surface area contributed by atoms with E-state index in [2.05, 4.69) is 9.88 Å². The zero-order chi connectivity index (χ0) is 19.6. The van der Waals surface area contributed by atoms with Crippen molar-refractivity contribution in [3.63, 3.8) is 0 Å². The number of amides is 1. The van der Waals surface area contributed by atoms with Gasteiger partial charge in [0.05, 0.1) is 17.6 Å². The molecule has 5 aliphatic heterocycles. The molecule has 1 aromatic rings. The van der Waals surface area contributed by atoms with Crippen molar-refractivity contribution in [2.75, 3.05) is 32.7 Å². The lowest BCUT2D eigenvalue weighted by atomic mass is 9.76. The molecule has 1 spiro atoms. The molecule has 6 heterocycles. The Kier molecular flexibility index (Phi) is 4.03. The molecule has 0 radical (unpaired) electrons. The number of fused-ring (bicyclic) bond motifs is 5. The zero-order valence-corrected chi connectivity index (χ0v) is 16.5. The Balaban J connectivity index is 1.05. The molecular formula is C21H27N3O5. The molecule has 6 rings (SSSR count). The summed E-state index contributed by atoms with van der Waals surface area (Å²) in [5.41, 5.74) is -0.103. The number of aromatic nitrogens is 1. The largest absolute Gasteiger partial charge is 0.461 e. The number of carbonyl (C=O) groups is 2. The van der Waals surface area contributed by atoms with Gasteiger partial charge in [0.2, 0.25) is 0 Å². The summed E-state index contributed by atoms with van der Waals surface area (Å²) < 4.78 is 16.8. The normalized spacial score (nSPS) is 38.0. The molecule has 1 amide bonds. The Morgan fingerprint density at radius 2 is 1.90 bits per heavy atom. The maximum atomic E-state index is 12.8. The molecule has 5 saturated heterocycles. The average molecular weight is 401 g/mol. The van der Waals surface area contributed by atoms with Gasteiger partial charge in [-0.15, -0.1) is 0 Å². The van der Waals surface area contributed by atoms with E-state index in [4.69, 9.17) is 13.9 Å². The van der Waals surface area contributed by atoms with E-state index in [0.29, 0.717) is 55.7 Å². The van der Waals surface area contributed by atoms with Crippen LogP contribution in [0.25, 0.3) is 0 Å². The van der Waals surface area contributed by atoms with Crippen LogP contribution in [0.15, 0.2) is 17.1 Å². The van der Waals surface area contributed by atoms with Crippen LogP contribution in [0.4, 0.5) is 0 Å². The van der Waals surface area contributed by atoms with Crippen LogP contribution in [-0.4, -0.2) is 77.7 Å². The van der Waals surface area contributed by atoms with Crippen molar-refractivity contribution in [2.45, 2.75) is 50.4 Å². The number of cyclic esters (lactones) is 1. The molecular weight excluding hydrogens is 374 g/mol. The maximum Gasteiger partial charge on any atom is 0.312 e. The second kappa shape index (κ2) is 6.54. The first-order valence-electron chi connectivity index (χ1n) is 10.9. The van der Waals surface area contributed by atoms with Crippen molar-refractivity contribution in [3.05, 3.63) is 18.4 Å². The predicted octanol–water partition coefficient (Wildman–Crippen LogP) is 1.32. The standard InChI is InChI=1S/C21H27N3O5/c25-19(16-11-27-12-22-16)24-5-3-21(4-6-24)7-13(28-20(21)26)8-23-9-14-15(10-23)18-2-1-17(14)29-18/h11-15,17-18H,1-10H2/t13?,14-,15+,17+,18-. The number of ether oxygens (including phenoxy) is 2. The molecule has 5 fully saturated rings. The van der Waals surface area contributed by atoms with Crippen LogP contribution in [0.5, 0.6) is 0 Å². The van der Waals surface area contributed by atoms with E-state index in [9.17, 15) is 9.59 Å². The highest BCUT2D eigenvalue weighted by atomic mass is 16.6. The fraction of sp³-hybridized carbons (Fsp3) is 0.762. The number of carbonyl (C=O) groups excluding carboxylic acids is 2. The van der Waals surface area contributed by atoms with E-state index in [1.165, 1.54) is 25.5 Å². The molecule has 5 atom stereocenters. The number of piperidine rings is 1. The van der Waals surface area contributed by atoms with Gasteiger partial charge < -0.3 is 18.8 Å². The van der Waals surface area contributed by atoms with E-state index >= 15 is 0 Å². The summed E-state index contributed by atoms with van der Waals surface area (Å²) >= 11 is 0. The Bertz CT molecular complexity index is 785. The van der Waals surface area contributed by atoms with Crippen molar-refractivity contribution in [3.8, 4) is 0 Å². The Hall–Kier alpha value is -1.93. The van der Waals surface area contributed by atoms with Crippen LogP contribution in [-0.2, 0) is 14.3 Å². The molecule has 5 aliphatic rings. The van der Waals surface area contributed by atoms with Gasteiger partial charge in [-0.25, -0.2) is 4.98 Å². The van der Waals surface area contributed by atoms with Gasteiger partial charge in [-0.1, -0.05) is 0 Å². The van der Waals surface area contributed by atoms with Gasteiger partial charge in [0.25, 0.3) is 5.91 Å². The topological polar surface area (TPSA) is 85.1 Å². The summed E-state index contributed by atoms with van der Waals surface area (Å²) in [7, 11) is 0. The summed E-state index contributed by atoms with van der Waals surface area (Å²) in [6, 6.07) is 0. The van der Waals surface area contributed by atoms with E-state index in [1.54, 1.807) is 4.90 Å². The number of hydrogen-bond donors (Lipinski definition) is 0. The van der Waals surface area contributed by atoms with Gasteiger partial charge in [0, 0.05) is 51.0 Å². The van der Waals surface area contributed by atoms with Crippen molar-refractivity contribution < 1.29 is 23.5 Å². The molecule has 2 bridgehead atoms. The van der Waals surface area contributed by atoms with Gasteiger partial charge in [0.1, 0.15) is 12.4 Å². The molecule has 0 aliphatic carbocycles. The Morgan fingerprint density at radius 1 is 1.17 bits per heavy atom. The number of likely N-dealkylation sites (tertiary alicyclic amines) is 2. The summed E-state index contributed by atoms with van der Waals surface area (Å²) in [6.45, 7) is 4.10. The molecule has 8 nitrogen and oxygen atoms in total. The lowest BCUT2D eigenvalue weighted by Crippen LogP contribution is -2.45. The van der Waals surface area contributed by atoms with Crippen LogP contribution < -0.4 is 0 Å². The Labute approximate surface area is 169 Å². The molecule has 8 heteroatoms. The molecule has 0 N–H and O–H groups in total. The predicted molar refractivity (Wildman–Crippen MR) is 99.9 cm³/mol. The first kappa shape index (κ1) is 17.9.